The third-order valence-corrected chi connectivity index (χ3v) is 13.1. The molecule has 274 valence electrons. The molecule has 0 radical (unpaired) electrons. The molecule has 58 heavy (non-hydrogen) atoms. The lowest BCUT2D eigenvalue weighted by Gasteiger charge is -2.39. The molecule has 2 nitrogen and oxygen atoms in total. The highest BCUT2D eigenvalue weighted by molar-refractivity contribution is 6.05. The van der Waals surface area contributed by atoms with Gasteiger partial charge in [-0.2, -0.15) is 0 Å². The first-order valence-electron chi connectivity index (χ1n) is 20.3. The van der Waals surface area contributed by atoms with Gasteiger partial charge in [-0.1, -0.05) is 172 Å². The predicted octanol–water partition coefficient (Wildman–Crippen LogP) is 14.8. The minimum Gasteiger partial charge on any atom is -0.457 e. The predicted molar refractivity (Wildman–Crippen MR) is 239 cm³/mol. The minimum absolute atomic E-state index is 0.146. The van der Waals surface area contributed by atoms with Crippen LogP contribution in [0.1, 0.15) is 47.2 Å². The van der Waals surface area contributed by atoms with Crippen LogP contribution in [0.2, 0.25) is 0 Å². The Morgan fingerprint density at radius 2 is 0.966 bits per heavy atom. The van der Waals surface area contributed by atoms with E-state index >= 15 is 0 Å². The molecule has 0 saturated carbocycles. The smallest absolute Gasteiger partial charge is 0.132 e. The van der Waals surface area contributed by atoms with Crippen LogP contribution in [-0.2, 0) is 10.8 Å². The number of para-hydroxylation sites is 3. The largest absolute Gasteiger partial charge is 0.457 e. The maximum absolute atomic E-state index is 6.74. The maximum atomic E-state index is 6.74. The van der Waals surface area contributed by atoms with Crippen molar-refractivity contribution in [2.75, 3.05) is 4.90 Å². The van der Waals surface area contributed by atoms with Gasteiger partial charge < -0.3 is 9.64 Å². The number of ether oxygens (including phenoxy) is 1. The van der Waals surface area contributed by atoms with Crippen LogP contribution in [0, 0.1) is 0 Å². The van der Waals surface area contributed by atoms with E-state index in [1.807, 2.05) is 0 Å². The van der Waals surface area contributed by atoms with Crippen LogP contribution in [0.5, 0.6) is 11.5 Å². The van der Waals surface area contributed by atoms with Crippen LogP contribution in [0.15, 0.2) is 200 Å². The van der Waals surface area contributed by atoms with E-state index in [0.717, 1.165) is 39.7 Å². The van der Waals surface area contributed by atoms with Gasteiger partial charge in [0.25, 0.3) is 0 Å². The Balaban J connectivity index is 1.17. The molecule has 2 heteroatoms. The van der Waals surface area contributed by atoms with E-state index < -0.39 is 5.41 Å². The molecule has 1 heterocycles. The molecule has 0 aromatic heterocycles. The molecule has 0 atom stereocenters. The summed E-state index contributed by atoms with van der Waals surface area (Å²) in [4.78, 5) is 2.49. The summed E-state index contributed by atoms with van der Waals surface area (Å²) in [6.07, 6.45) is 0. The Labute approximate surface area is 339 Å². The van der Waals surface area contributed by atoms with E-state index in [1.165, 1.54) is 66.4 Å². The molecule has 2 aliphatic carbocycles. The summed E-state index contributed by atoms with van der Waals surface area (Å²) < 4.78 is 6.74. The van der Waals surface area contributed by atoms with Gasteiger partial charge in [-0.05, 0) is 103 Å². The fourth-order valence-corrected chi connectivity index (χ4v) is 10.6. The Morgan fingerprint density at radius 3 is 1.72 bits per heavy atom. The lowest BCUT2D eigenvalue weighted by atomic mass is 9.66. The zero-order chi connectivity index (χ0) is 38.6. The molecule has 0 amide bonds. The first kappa shape index (κ1) is 33.0. The summed E-state index contributed by atoms with van der Waals surface area (Å²) in [7, 11) is 0. The number of rotatable bonds is 4. The van der Waals surface area contributed by atoms with E-state index in [4.69, 9.17) is 4.74 Å². The number of hydrogen-bond acceptors (Lipinski definition) is 2. The van der Waals surface area contributed by atoms with Gasteiger partial charge in [0, 0.05) is 33.5 Å². The zero-order valence-electron chi connectivity index (χ0n) is 32.4. The number of fused-ring (bicyclic) bond motifs is 14. The van der Waals surface area contributed by atoms with E-state index in [-0.39, 0.29) is 5.41 Å². The van der Waals surface area contributed by atoms with Crippen molar-refractivity contribution in [3.8, 4) is 44.9 Å². The topological polar surface area (TPSA) is 12.5 Å². The van der Waals surface area contributed by atoms with Crippen LogP contribution in [0.25, 0.3) is 44.2 Å². The normalized spacial score (nSPS) is 14.4. The van der Waals surface area contributed by atoms with Crippen molar-refractivity contribution in [1.29, 1.82) is 0 Å². The van der Waals surface area contributed by atoms with Gasteiger partial charge in [-0.25, -0.2) is 0 Å². The van der Waals surface area contributed by atoms with E-state index in [0.29, 0.717) is 0 Å². The molecule has 0 saturated heterocycles. The van der Waals surface area contributed by atoms with Gasteiger partial charge in [0.2, 0.25) is 0 Å². The van der Waals surface area contributed by atoms with Crippen molar-refractivity contribution in [1.82, 2.24) is 0 Å². The van der Waals surface area contributed by atoms with Crippen LogP contribution in [-0.4, -0.2) is 0 Å². The molecule has 1 spiro atoms. The summed E-state index contributed by atoms with van der Waals surface area (Å²) in [5, 5.41) is 2.50. The molecule has 1 aliphatic heterocycles. The highest BCUT2D eigenvalue weighted by Crippen LogP contribution is 2.64. The first-order valence-corrected chi connectivity index (χ1v) is 20.3. The summed E-state index contributed by atoms with van der Waals surface area (Å²) >= 11 is 0. The minimum atomic E-state index is -0.609. The SMILES string of the molecule is CC1(C)c2ccccc2-c2ccc(N(c3ccc4c(c3)C3(c5ccccc5Oc5ccccc53)c3ccc5ccccc5c3-4)c3ccccc3-c3ccccc3)cc21. The highest BCUT2D eigenvalue weighted by atomic mass is 16.5. The fourth-order valence-electron chi connectivity index (χ4n) is 10.6. The summed E-state index contributed by atoms with van der Waals surface area (Å²) in [6.45, 7) is 4.73. The molecule has 0 fully saturated rings. The van der Waals surface area contributed by atoms with Crippen LogP contribution < -0.4 is 9.64 Å². The molecule has 9 aromatic rings. The average molecular weight is 742 g/mol. The number of anilines is 3. The Morgan fingerprint density at radius 1 is 0.397 bits per heavy atom. The van der Waals surface area contributed by atoms with Gasteiger partial charge in [-0.15, -0.1) is 0 Å². The average Bonchev–Trinajstić information content (AvgIpc) is 3.69. The fraction of sp³-hybridized carbons (Fsp3) is 0.0714. The van der Waals surface area contributed by atoms with E-state index in [9.17, 15) is 0 Å². The molecule has 0 unspecified atom stereocenters. The molecule has 3 aliphatic rings. The quantitative estimate of drug-likeness (QED) is 0.178. The van der Waals surface area contributed by atoms with Crippen molar-refractivity contribution in [2.45, 2.75) is 24.7 Å². The maximum Gasteiger partial charge on any atom is 0.132 e. The van der Waals surface area contributed by atoms with E-state index in [1.54, 1.807) is 0 Å². The molecule has 9 aromatic carbocycles. The number of nitrogens with zero attached hydrogens (tertiary/aromatic N) is 1. The Bertz CT molecular complexity index is 3090. The standard InChI is InChI=1S/C56H39NO/c1-55(2)45-22-10-8-21-42(45)43-31-29-38(34-49(43)55)57(51-25-13-9-19-40(51)36-16-4-3-5-17-36)39-30-32-44-50(35-39)56(48-33-28-37-18-6-7-20-41(37)54(44)48)46-23-11-14-26-52(46)58-53-27-15-12-24-47(53)56/h3-35H,1-2H3. The Hall–Kier alpha value is -7.16. The van der Waals surface area contributed by atoms with Crippen molar-refractivity contribution in [3.63, 3.8) is 0 Å². The van der Waals surface area contributed by atoms with Crippen LogP contribution in [0.4, 0.5) is 17.1 Å². The third-order valence-electron chi connectivity index (χ3n) is 13.1. The van der Waals surface area contributed by atoms with Crippen LogP contribution in [0.3, 0.4) is 0 Å². The van der Waals surface area contributed by atoms with Crippen LogP contribution >= 0.6 is 0 Å². The van der Waals surface area contributed by atoms with Gasteiger partial charge in [0.1, 0.15) is 11.5 Å². The molecule has 0 N–H and O–H groups in total. The molecule has 0 bridgehead atoms. The lowest BCUT2D eigenvalue weighted by Crippen LogP contribution is -2.32. The van der Waals surface area contributed by atoms with Crippen molar-refractivity contribution >= 4 is 27.8 Å². The molecular formula is C56H39NO. The second-order valence-corrected chi connectivity index (χ2v) is 16.4. The van der Waals surface area contributed by atoms with Gasteiger partial charge >= 0.3 is 0 Å². The monoisotopic (exact) mass is 741 g/mol. The molecular weight excluding hydrogens is 703 g/mol. The molecule has 12 rings (SSSR count). The highest BCUT2D eigenvalue weighted by Gasteiger charge is 2.51. The van der Waals surface area contributed by atoms with Gasteiger partial charge in [-0.3, -0.25) is 0 Å². The third kappa shape index (κ3) is 4.43. The van der Waals surface area contributed by atoms with E-state index in [2.05, 4.69) is 219 Å². The second-order valence-electron chi connectivity index (χ2n) is 16.4. The van der Waals surface area contributed by atoms with Crippen molar-refractivity contribution in [2.24, 2.45) is 0 Å². The number of hydrogen-bond donors (Lipinski definition) is 0. The Kier molecular flexibility index (Phi) is 6.93. The summed E-state index contributed by atoms with van der Waals surface area (Å²) in [6, 6.07) is 73.7. The van der Waals surface area contributed by atoms with Crippen molar-refractivity contribution in [3.05, 3.63) is 234 Å². The van der Waals surface area contributed by atoms with Gasteiger partial charge in [0.15, 0.2) is 0 Å². The zero-order valence-corrected chi connectivity index (χ0v) is 32.4. The summed E-state index contributed by atoms with van der Waals surface area (Å²) in [5.74, 6) is 1.79. The van der Waals surface area contributed by atoms with Gasteiger partial charge in [0.05, 0.1) is 11.1 Å². The second kappa shape index (κ2) is 12.2. The van der Waals surface area contributed by atoms with Crippen molar-refractivity contribution < 1.29 is 4.74 Å². The summed E-state index contributed by atoms with van der Waals surface area (Å²) in [5.41, 5.74) is 17.7. The number of benzene rings is 9. The lowest BCUT2D eigenvalue weighted by molar-refractivity contribution is 0.436. The first-order chi connectivity index (χ1) is 28.5.